The molecule has 26 heavy (non-hydrogen) atoms. The molecule has 0 bridgehead atoms. The van der Waals surface area contributed by atoms with Crippen molar-refractivity contribution in [3.05, 3.63) is 54.4 Å². The van der Waals surface area contributed by atoms with Gasteiger partial charge in [-0.15, -0.1) is 0 Å². The lowest BCUT2D eigenvalue weighted by Gasteiger charge is -2.28. The molecular weight excluding hydrogens is 363 g/mol. The zero-order valence-corrected chi connectivity index (χ0v) is 15.2. The molecule has 2 aromatic rings. The Balaban J connectivity index is 1.67. The highest BCUT2D eigenvalue weighted by molar-refractivity contribution is 7.85. The highest BCUT2D eigenvalue weighted by Crippen LogP contribution is 2.31. The van der Waals surface area contributed by atoms with Crippen molar-refractivity contribution in [1.82, 2.24) is 9.55 Å². The van der Waals surface area contributed by atoms with Crippen molar-refractivity contribution in [2.75, 3.05) is 19.5 Å². The van der Waals surface area contributed by atoms with E-state index >= 15 is 0 Å². The van der Waals surface area contributed by atoms with Crippen molar-refractivity contribution in [3.8, 4) is 0 Å². The third kappa shape index (κ3) is 5.34. The molecule has 1 aromatic carbocycles. The highest BCUT2D eigenvalue weighted by atomic mass is 32.2. The van der Waals surface area contributed by atoms with E-state index in [0.29, 0.717) is 19.4 Å². The van der Waals surface area contributed by atoms with E-state index in [1.54, 1.807) is 30.9 Å². The zero-order valence-electron chi connectivity index (χ0n) is 14.4. The lowest BCUT2D eigenvalue weighted by molar-refractivity contribution is -0.184. The molecule has 0 N–H and O–H groups in total. The van der Waals surface area contributed by atoms with E-state index in [-0.39, 0.29) is 19.0 Å². The fourth-order valence-corrected chi connectivity index (χ4v) is 3.23. The summed E-state index contributed by atoms with van der Waals surface area (Å²) in [5, 5.41) is 0. The maximum absolute atomic E-state index is 13.1. The molecule has 0 spiro atoms. The summed E-state index contributed by atoms with van der Waals surface area (Å²) in [7, 11) is -3.54. The van der Waals surface area contributed by atoms with Crippen LogP contribution in [0.1, 0.15) is 12.0 Å². The fraction of sp³-hybridized carbons (Fsp3) is 0.471. The second-order valence-corrected chi connectivity index (χ2v) is 7.96. The summed E-state index contributed by atoms with van der Waals surface area (Å²) in [5.41, 5.74) is 0.958. The molecule has 7 nitrogen and oxygen atoms in total. The van der Waals surface area contributed by atoms with Gasteiger partial charge in [0.2, 0.25) is 0 Å². The molecule has 0 unspecified atom stereocenters. The predicted molar refractivity (Wildman–Crippen MR) is 91.3 cm³/mol. The molecule has 0 radical (unpaired) electrons. The molecule has 0 saturated carbocycles. The summed E-state index contributed by atoms with van der Waals surface area (Å²) in [6.07, 6.45) is 6.77. The third-order valence-corrected chi connectivity index (χ3v) is 4.64. The summed E-state index contributed by atoms with van der Waals surface area (Å²) < 4.78 is 54.0. The quantitative estimate of drug-likeness (QED) is 0.645. The number of hydrogen-bond donors (Lipinski definition) is 0. The number of halogens is 1. The van der Waals surface area contributed by atoms with E-state index in [2.05, 4.69) is 4.98 Å². The lowest BCUT2D eigenvalue weighted by atomic mass is 10.0. The van der Waals surface area contributed by atoms with Gasteiger partial charge in [0.1, 0.15) is 11.9 Å². The van der Waals surface area contributed by atoms with Gasteiger partial charge in [0, 0.05) is 18.8 Å². The predicted octanol–water partition coefficient (Wildman–Crippen LogP) is 1.74. The van der Waals surface area contributed by atoms with Crippen LogP contribution < -0.4 is 0 Å². The van der Waals surface area contributed by atoms with Gasteiger partial charge in [-0.1, -0.05) is 12.1 Å². The summed E-state index contributed by atoms with van der Waals surface area (Å²) in [6, 6.07) is 6.27. The van der Waals surface area contributed by atoms with E-state index in [0.717, 1.165) is 11.8 Å². The molecule has 1 aliphatic heterocycles. The molecule has 1 aromatic heterocycles. The topological polar surface area (TPSA) is 79.7 Å². The molecule has 9 heteroatoms. The number of benzene rings is 1. The molecule has 2 heterocycles. The maximum Gasteiger partial charge on any atom is 0.264 e. The number of aromatic nitrogens is 2. The van der Waals surface area contributed by atoms with Gasteiger partial charge < -0.3 is 14.0 Å². The van der Waals surface area contributed by atoms with Gasteiger partial charge in [0.15, 0.2) is 5.79 Å². The number of hydrogen-bond acceptors (Lipinski definition) is 6. The van der Waals surface area contributed by atoms with Crippen molar-refractivity contribution in [3.63, 3.8) is 0 Å². The van der Waals surface area contributed by atoms with Gasteiger partial charge in [-0.25, -0.2) is 9.37 Å². The molecule has 3 rings (SSSR count). The van der Waals surface area contributed by atoms with Crippen LogP contribution >= 0.6 is 0 Å². The number of imidazole rings is 1. The Hall–Kier alpha value is -1.81. The molecule has 142 valence electrons. The van der Waals surface area contributed by atoms with Gasteiger partial charge in [-0.3, -0.25) is 4.18 Å². The summed E-state index contributed by atoms with van der Waals surface area (Å²) in [4.78, 5) is 4.02. The van der Waals surface area contributed by atoms with Crippen LogP contribution in [0.25, 0.3) is 0 Å². The SMILES string of the molecule is CS(=O)(=O)OC[C@@H]1CO[C@](CCc2ccc(F)cc2)(Cn2ccnc2)O1. The van der Waals surface area contributed by atoms with Crippen molar-refractivity contribution in [2.45, 2.75) is 31.3 Å². The molecule has 0 aliphatic carbocycles. The first kappa shape index (κ1) is 19.0. The van der Waals surface area contributed by atoms with Gasteiger partial charge >= 0.3 is 0 Å². The normalized spacial score (nSPS) is 23.4. The van der Waals surface area contributed by atoms with Crippen LogP contribution in [0.4, 0.5) is 4.39 Å². The smallest absolute Gasteiger partial charge is 0.264 e. The van der Waals surface area contributed by atoms with Crippen LogP contribution in [0.15, 0.2) is 43.0 Å². The Kier molecular flexibility index (Phi) is 5.71. The van der Waals surface area contributed by atoms with Gasteiger partial charge in [-0.05, 0) is 24.1 Å². The first-order valence-electron chi connectivity index (χ1n) is 8.20. The molecule has 1 aliphatic rings. The largest absolute Gasteiger partial charge is 0.345 e. The van der Waals surface area contributed by atoms with Crippen LogP contribution in [0.5, 0.6) is 0 Å². The number of ether oxygens (including phenoxy) is 2. The summed E-state index contributed by atoms with van der Waals surface area (Å²) in [6.45, 7) is 0.540. The zero-order chi connectivity index (χ0) is 18.6. The Morgan fingerprint density at radius 2 is 2.15 bits per heavy atom. The summed E-state index contributed by atoms with van der Waals surface area (Å²) in [5.74, 6) is -1.21. The van der Waals surface area contributed by atoms with Crippen molar-refractivity contribution in [1.29, 1.82) is 0 Å². The van der Waals surface area contributed by atoms with Gasteiger partial charge in [-0.2, -0.15) is 8.42 Å². The van der Waals surface area contributed by atoms with Crippen LogP contribution in [0, 0.1) is 5.82 Å². The first-order valence-corrected chi connectivity index (χ1v) is 10.0. The van der Waals surface area contributed by atoms with E-state index < -0.39 is 22.0 Å². The van der Waals surface area contributed by atoms with Crippen molar-refractivity contribution >= 4 is 10.1 Å². The Bertz CT molecular complexity index is 810. The van der Waals surface area contributed by atoms with Crippen LogP contribution in [-0.4, -0.2) is 49.3 Å². The second-order valence-electron chi connectivity index (χ2n) is 6.31. The van der Waals surface area contributed by atoms with E-state index in [1.165, 1.54) is 12.1 Å². The Morgan fingerprint density at radius 1 is 1.38 bits per heavy atom. The minimum atomic E-state index is -3.54. The van der Waals surface area contributed by atoms with Crippen molar-refractivity contribution in [2.24, 2.45) is 0 Å². The third-order valence-electron chi connectivity index (χ3n) is 4.07. The first-order chi connectivity index (χ1) is 12.3. The van der Waals surface area contributed by atoms with Crippen molar-refractivity contribution < 1.29 is 26.5 Å². The van der Waals surface area contributed by atoms with E-state index in [9.17, 15) is 12.8 Å². The number of rotatable bonds is 8. The molecule has 1 saturated heterocycles. The second kappa shape index (κ2) is 7.83. The molecule has 1 fully saturated rings. The Labute approximate surface area is 151 Å². The van der Waals surface area contributed by atoms with Gasteiger partial charge in [0.05, 0.1) is 32.3 Å². The fourth-order valence-electron chi connectivity index (χ4n) is 2.84. The molecular formula is C17H21FN2O5S. The average Bonchev–Trinajstić information content (AvgIpc) is 3.23. The van der Waals surface area contributed by atoms with E-state index in [4.69, 9.17) is 13.7 Å². The van der Waals surface area contributed by atoms with Crippen LogP contribution in [0.2, 0.25) is 0 Å². The Morgan fingerprint density at radius 3 is 2.81 bits per heavy atom. The highest BCUT2D eigenvalue weighted by Gasteiger charge is 2.42. The minimum absolute atomic E-state index is 0.0962. The monoisotopic (exact) mass is 384 g/mol. The maximum atomic E-state index is 13.1. The number of aryl methyl sites for hydroxylation is 1. The summed E-state index contributed by atoms with van der Waals surface area (Å²) >= 11 is 0. The lowest BCUT2D eigenvalue weighted by Crippen LogP contribution is -2.37. The van der Waals surface area contributed by atoms with Crippen LogP contribution in [0.3, 0.4) is 0 Å². The minimum Gasteiger partial charge on any atom is -0.345 e. The van der Waals surface area contributed by atoms with Crippen LogP contribution in [-0.2, 0) is 36.7 Å². The van der Waals surface area contributed by atoms with E-state index in [1.807, 2.05) is 4.57 Å². The molecule has 0 amide bonds. The molecule has 2 atom stereocenters. The van der Waals surface area contributed by atoms with Gasteiger partial charge in [0.25, 0.3) is 10.1 Å². The average molecular weight is 384 g/mol. The standard InChI is InChI=1S/C17H21FN2O5S/c1-26(21,22)24-11-16-10-23-17(25-16,12-20-9-8-19-13-20)7-6-14-2-4-15(18)5-3-14/h2-5,8-9,13,16H,6-7,10-12H2,1H3/t16-,17-/m0/s1. The number of nitrogens with zero attached hydrogens (tertiary/aromatic N) is 2.